The van der Waals surface area contributed by atoms with Crippen LogP contribution < -0.4 is 4.74 Å². The quantitative estimate of drug-likeness (QED) is 0.172. The number of halogens is 5. The summed E-state index contributed by atoms with van der Waals surface area (Å²) >= 11 is 1.69. The molecule has 36 heavy (non-hydrogen) atoms. The van der Waals surface area contributed by atoms with Crippen LogP contribution in [0.5, 0.6) is 11.5 Å². The number of hydrogen-bond donors (Lipinski definition) is 1. The van der Waals surface area contributed by atoms with Crippen molar-refractivity contribution < 1.29 is 31.8 Å². The fourth-order valence-electron chi connectivity index (χ4n) is 5.08. The highest BCUT2D eigenvalue weighted by molar-refractivity contribution is 7.99. The Morgan fingerprint density at radius 2 is 1.50 bits per heavy atom. The van der Waals surface area contributed by atoms with Crippen molar-refractivity contribution in [2.75, 3.05) is 32.0 Å². The molecule has 0 spiro atoms. The van der Waals surface area contributed by atoms with E-state index in [0.717, 1.165) is 30.3 Å². The Labute approximate surface area is 209 Å². The van der Waals surface area contributed by atoms with Gasteiger partial charge >= 0.3 is 0 Å². The number of hydrogen-bond acceptors (Lipinski definition) is 4. The molecule has 1 fully saturated rings. The summed E-state index contributed by atoms with van der Waals surface area (Å²) in [6.45, 7) is 2.93. The van der Waals surface area contributed by atoms with Crippen molar-refractivity contribution in [1.29, 1.82) is 0 Å². The minimum absolute atomic E-state index is 0.102. The van der Waals surface area contributed by atoms with Gasteiger partial charge in [-0.2, -0.15) is 0 Å². The lowest BCUT2D eigenvalue weighted by atomic mass is 9.75. The van der Waals surface area contributed by atoms with Crippen molar-refractivity contribution in [3.8, 4) is 11.5 Å². The van der Waals surface area contributed by atoms with Gasteiger partial charge in [0.25, 0.3) is 0 Å². The summed E-state index contributed by atoms with van der Waals surface area (Å²) in [5.74, 6) is -10.8. The summed E-state index contributed by atoms with van der Waals surface area (Å²) in [6.07, 6.45) is 2.46. The zero-order valence-corrected chi connectivity index (χ0v) is 20.1. The highest BCUT2D eigenvalue weighted by Gasteiger charge is 2.40. The zero-order valence-electron chi connectivity index (χ0n) is 19.2. The van der Waals surface area contributed by atoms with Gasteiger partial charge in [0.2, 0.25) is 5.82 Å². The Morgan fingerprint density at radius 1 is 0.861 bits per heavy atom. The first-order valence-corrected chi connectivity index (χ1v) is 12.8. The number of ether oxygens (including phenoxy) is 1. The van der Waals surface area contributed by atoms with Gasteiger partial charge in [-0.3, -0.25) is 0 Å². The number of thioether (sulfide) groups is 1. The van der Waals surface area contributed by atoms with Crippen LogP contribution in [-0.2, 0) is 0 Å². The Balaban J connectivity index is 1.50. The van der Waals surface area contributed by atoms with Crippen molar-refractivity contribution in [1.82, 2.24) is 4.90 Å². The maximum atomic E-state index is 14.8. The molecule has 0 aromatic heterocycles. The van der Waals surface area contributed by atoms with Gasteiger partial charge in [-0.15, -0.1) is 11.8 Å². The number of phenols is 1. The molecule has 2 aliphatic rings. The molecule has 0 aliphatic carbocycles. The molecule has 0 bridgehead atoms. The molecule has 3 aromatic carbocycles. The van der Waals surface area contributed by atoms with Gasteiger partial charge in [0.05, 0.1) is 6.61 Å². The maximum absolute atomic E-state index is 14.8. The Morgan fingerprint density at radius 3 is 2.17 bits per heavy atom. The molecule has 3 aromatic rings. The second-order valence-electron chi connectivity index (χ2n) is 9.07. The van der Waals surface area contributed by atoms with Crippen LogP contribution in [0.4, 0.5) is 22.0 Å². The molecule has 1 saturated heterocycles. The topological polar surface area (TPSA) is 32.7 Å². The molecule has 0 radical (unpaired) electrons. The van der Waals surface area contributed by atoms with Crippen molar-refractivity contribution in [2.24, 2.45) is 0 Å². The van der Waals surface area contributed by atoms with Crippen molar-refractivity contribution in [2.45, 2.75) is 29.6 Å². The number of aromatic hydroxyl groups is 1. The third kappa shape index (κ3) is 4.66. The van der Waals surface area contributed by atoms with Crippen LogP contribution in [0, 0.1) is 29.1 Å². The highest BCUT2D eigenvalue weighted by Crippen LogP contribution is 2.48. The predicted octanol–water partition coefficient (Wildman–Crippen LogP) is 6.58. The number of benzene rings is 3. The summed E-state index contributed by atoms with van der Waals surface area (Å²) in [5.41, 5.74) is 0.0991. The first kappa shape index (κ1) is 24.9. The Bertz CT molecular complexity index is 1240. The molecule has 190 valence electrons. The molecule has 2 heterocycles. The van der Waals surface area contributed by atoms with Crippen molar-refractivity contribution in [3.05, 3.63) is 88.2 Å². The lowest BCUT2D eigenvalue weighted by Crippen LogP contribution is -2.28. The van der Waals surface area contributed by atoms with E-state index in [2.05, 4.69) is 4.90 Å². The fourth-order valence-corrected chi connectivity index (χ4v) is 6.00. The van der Waals surface area contributed by atoms with E-state index in [0.29, 0.717) is 16.9 Å². The third-order valence-electron chi connectivity index (χ3n) is 6.88. The third-order valence-corrected chi connectivity index (χ3v) is 7.87. The summed E-state index contributed by atoms with van der Waals surface area (Å²) in [6, 6.07) is 11.7. The molecule has 2 aliphatic heterocycles. The molecule has 3 nitrogen and oxygen atoms in total. The first-order valence-electron chi connectivity index (χ1n) is 11.8. The highest BCUT2D eigenvalue weighted by atomic mass is 32.2. The van der Waals surface area contributed by atoms with E-state index >= 15 is 0 Å². The van der Waals surface area contributed by atoms with E-state index < -0.39 is 46.5 Å². The minimum Gasteiger partial charge on any atom is -0.508 e. The van der Waals surface area contributed by atoms with Crippen LogP contribution >= 0.6 is 11.8 Å². The normalized spacial score (nSPS) is 19.8. The summed E-state index contributed by atoms with van der Waals surface area (Å²) in [7, 11) is 0. The SMILES string of the molecule is Oc1ccc2c(c1)[C@H](c1ccc(SCCN3CCCC3)cc1)[C@H](c1c(F)c(F)c(F)c(F)c1F)CO2. The van der Waals surface area contributed by atoms with Crippen LogP contribution in [-0.4, -0.2) is 42.0 Å². The molecule has 1 N–H and O–H groups in total. The van der Waals surface area contributed by atoms with Gasteiger partial charge in [0.15, 0.2) is 23.3 Å². The predicted molar refractivity (Wildman–Crippen MR) is 127 cm³/mol. The second kappa shape index (κ2) is 10.3. The van der Waals surface area contributed by atoms with Crippen molar-refractivity contribution in [3.63, 3.8) is 0 Å². The van der Waals surface area contributed by atoms with Crippen LogP contribution in [0.2, 0.25) is 0 Å². The number of fused-ring (bicyclic) bond motifs is 1. The lowest BCUT2D eigenvalue weighted by molar-refractivity contribution is 0.237. The van der Waals surface area contributed by atoms with Crippen LogP contribution in [0.3, 0.4) is 0 Å². The van der Waals surface area contributed by atoms with E-state index in [-0.39, 0.29) is 12.4 Å². The van der Waals surface area contributed by atoms with Gasteiger partial charge in [-0.05, 0) is 61.8 Å². The number of likely N-dealkylation sites (tertiary alicyclic amines) is 1. The fraction of sp³-hybridized carbons (Fsp3) is 0.333. The van der Waals surface area contributed by atoms with E-state index in [1.807, 2.05) is 12.1 Å². The monoisotopic (exact) mass is 521 g/mol. The van der Waals surface area contributed by atoms with E-state index in [1.165, 1.54) is 31.0 Å². The largest absolute Gasteiger partial charge is 0.508 e. The van der Waals surface area contributed by atoms with E-state index in [4.69, 9.17) is 4.74 Å². The zero-order chi connectivity index (χ0) is 25.4. The first-order chi connectivity index (χ1) is 17.3. The lowest BCUT2D eigenvalue weighted by Gasteiger charge is -2.35. The molecule has 5 rings (SSSR count). The maximum Gasteiger partial charge on any atom is 0.200 e. The average Bonchev–Trinajstić information content (AvgIpc) is 3.40. The smallest absolute Gasteiger partial charge is 0.200 e. The number of nitrogens with zero attached hydrogens (tertiary/aromatic N) is 1. The number of phenolic OH excluding ortho intramolecular Hbond substituents is 1. The average molecular weight is 522 g/mol. The van der Waals surface area contributed by atoms with Crippen molar-refractivity contribution >= 4 is 11.8 Å². The standard InChI is InChI=1S/C27H24F5NO2S/c28-23-22(24(29)26(31)27(32)25(23)30)19-14-35-20-8-5-16(34)13-18(20)21(19)15-3-6-17(7-4-15)36-12-11-33-9-1-2-10-33/h3-8,13,19,21,34H,1-2,9-12,14H2/t19-,21+/m1/s1. The minimum atomic E-state index is -2.20. The molecule has 0 amide bonds. The van der Waals surface area contributed by atoms with Gasteiger partial charge in [0.1, 0.15) is 11.5 Å². The van der Waals surface area contributed by atoms with Gasteiger partial charge in [-0.1, -0.05) is 12.1 Å². The molecule has 0 unspecified atom stereocenters. The molecule has 9 heteroatoms. The number of rotatable bonds is 6. The molecule has 0 saturated carbocycles. The van der Waals surface area contributed by atoms with Gasteiger partial charge in [-0.25, -0.2) is 22.0 Å². The summed E-state index contributed by atoms with van der Waals surface area (Å²) in [5, 5.41) is 10.1. The van der Waals surface area contributed by atoms with Gasteiger partial charge < -0.3 is 14.7 Å². The van der Waals surface area contributed by atoms with Gasteiger partial charge in [0, 0.05) is 40.2 Å². The second-order valence-corrected chi connectivity index (χ2v) is 10.2. The van der Waals surface area contributed by atoms with E-state index in [1.54, 1.807) is 23.9 Å². The van der Waals surface area contributed by atoms with Crippen LogP contribution in [0.15, 0.2) is 47.4 Å². The Kier molecular flexibility index (Phi) is 7.12. The summed E-state index contributed by atoms with van der Waals surface area (Å²) < 4.78 is 77.2. The summed E-state index contributed by atoms with van der Waals surface area (Å²) in [4.78, 5) is 3.43. The molecular formula is C27H24F5NO2S. The van der Waals surface area contributed by atoms with Crippen LogP contribution in [0.25, 0.3) is 0 Å². The van der Waals surface area contributed by atoms with Crippen LogP contribution in [0.1, 0.15) is 41.4 Å². The Hall–Kier alpha value is -2.78. The molecule has 2 atom stereocenters. The van der Waals surface area contributed by atoms with E-state index in [9.17, 15) is 27.1 Å². The molecular weight excluding hydrogens is 497 g/mol.